The molecule has 0 aliphatic carbocycles. The highest BCUT2D eigenvalue weighted by Crippen LogP contribution is 2.24. The number of nitrogens with one attached hydrogen (secondary N) is 1. The summed E-state index contributed by atoms with van der Waals surface area (Å²) < 4.78 is 15.8. The normalized spacial score (nSPS) is 11.0. The van der Waals surface area contributed by atoms with Crippen molar-refractivity contribution < 1.29 is 19.0 Å². The SMILES string of the molecule is CCOc1ccc(C(C)=NNC(=O)c2ccc(OC)cc2OC)cc1. The van der Waals surface area contributed by atoms with Gasteiger partial charge in [0.05, 0.1) is 32.1 Å². The molecule has 1 N–H and O–H groups in total. The summed E-state index contributed by atoms with van der Waals surface area (Å²) in [5.74, 6) is 1.48. The zero-order valence-corrected chi connectivity index (χ0v) is 14.8. The van der Waals surface area contributed by atoms with E-state index < -0.39 is 0 Å². The Bertz CT molecular complexity index is 755. The van der Waals surface area contributed by atoms with Crippen molar-refractivity contribution in [3.8, 4) is 17.2 Å². The summed E-state index contributed by atoms with van der Waals surface area (Å²) in [7, 11) is 3.05. The lowest BCUT2D eigenvalue weighted by molar-refractivity contribution is 0.0951. The summed E-state index contributed by atoms with van der Waals surface area (Å²) in [5.41, 5.74) is 4.51. The van der Waals surface area contributed by atoms with Crippen molar-refractivity contribution in [3.05, 3.63) is 53.6 Å². The van der Waals surface area contributed by atoms with Gasteiger partial charge in [0.25, 0.3) is 5.91 Å². The van der Waals surface area contributed by atoms with E-state index in [1.54, 1.807) is 25.3 Å². The van der Waals surface area contributed by atoms with Gasteiger partial charge in [-0.15, -0.1) is 0 Å². The van der Waals surface area contributed by atoms with Crippen LogP contribution in [0, 0.1) is 0 Å². The molecular weight excluding hydrogens is 320 g/mol. The zero-order valence-electron chi connectivity index (χ0n) is 14.8. The minimum atomic E-state index is -0.357. The number of ether oxygens (including phenoxy) is 3. The van der Waals surface area contributed by atoms with Crippen LogP contribution in [-0.2, 0) is 0 Å². The number of carbonyl (C=O) groups is 1. The van der Waals surface area contributed by atoms with Crippen LogP contribution in [0.1, 0.15) is 29.8 Å². The van der Waals surface area contributed by atoms with Crippen LogP contribution >= 0.6 is 0 Å². The number of nitrogens with zero attached hydrogens (tertiary/aromatic N) is 1. The fraction of sp³-hybridized carbons (Fsp3) is 0.263. The Morgan fingerprint density at radius 1 is 1.04 bits per heavy atom. The number of hydrogen-bond donors (Lipinski definition) is 1. The van der Waals surface area contributed by atoms with Gasteiger partial charge in [-0.05, 0) is 55.8 Å². The van der Waals surface area contributed by atoms with Crippen LogP contribution in [0.25, 0.3) is 0 Å². The summed E-state index contributed by atoms with van der Waals surface area (Å²) in [6.45, 7) is 4.37. The van der Waals surface area contributed by atoms with Crippen molar-refractivity contribution in [2.24, 2.45) is 5.10 Å². The molecule has 6 heteroatoms. The third-order valence-corrected chi connectivity index (χ3v) is 3.56. The highest BCUT2D eigenvalue weighted by molar-refractivity contribution is 6.01. The van der Waals surface area contributed by atoms with Crippen molar-refractivity contribution >= 4 is 11.6 Å². The van der Waals surface area contributed by atoms with E-state index in [4.69, 9.17) is 14.2 Å². The number of methoxy groups -OCH3 is 2. The lowest BCUT2D eigenvalue weighted by Gasteiger charge is -2.09. The Morgan fingerprint density at radius 2 is 1.72 bits per heavy atom. The van der Waals surface area contributed by atoms with Crippen LogP contribution in [0.15, 0.2) is 47.6 Å². The third kappa shape index (κ3) is 4.73. The molecule has 2 rings (SSSR count). The molecule has 0 heterocycles. The molecule has 0 unspecified atom stereocenters. The molecule has 0 saturated carbocycles. The first-order valence-electron chi connectivity index (χ1n) is 7.89. The van der Waals surface area contributed by atoms with Crippen molar-refractivity contribution in [2.45, 2.75) is 13.8 Å². The van der Waals surface area contributed by atoms with Crippen molar-refractivity contribution in [1.29, 1.82) is 0 Å². The van der Waals surface area contributed by atoms with Gasteiger partial charge in [-0.2, -0.15) is 5.10 Å². The van der Waals surface area contributed by atoms with Crippen molar-refractivity contribution in [2.75, 3.05) is 20.8 Å². The van der Waals surface area contributed by atoms with E-state index in [1.165, 1.54) is 7.11 Å². The van der Waals surface area contributed by atoms with Gasteiger partial charge in [-0.25, -0.2) is 5.43 Å². The molecule has 0 bridgehead atoms. The van der Waals surface area contributed by atoms with Gasteiger partial charge >= 0.3 is 0 Å². The van der Waals surface area contributed by atoms with Crippen LogP contribution in [-0.4, -0.2) is 32.4 Å². The first-order chi connectivity index (χ1) is 12.1. The Morgan fingerprint density at radius 3 is 2.32 bits per heavy atom. The molecule has 2 aromatic rings. The second kappa shape index (κ2) is 8.73. The molecule has 6 nitrogen and oxygen atoms in total. The molecule has 0 radical (unpaired) electrons. The molecule has 2 aromatic carbocycles. The monoisotopic (exact) mass is 342 g/mol. The van der Waals surface area contributed by atoms with Gasteiger partial charge in [-0.3, -0.25) is 4.79 Å². The second-order valence-electron chi connectivity index (χ2n) is 5.16. The Hall–Kier alpha value is -3.02. The van der Waals surface area contributed by atoms with E-state index >= 15 is 0 Å². The first kappa shape index (κ1) is 18.3. The van der Waals surface area contributed by atoms with Crippen molar-refractivity contribution in [1.82, 2.24) is 5.43 Å². The number of carbonyl (C=O) groups excluding carboxylic acids is 1. The number of hydrogen-bond acceptors (Lipinski definition) is 5. The topological polar surface area (TPSA) is 69.2 Å². The minimum absolute atomic E-state index is 0.357. The second-order valence-corrected chi connectivity index (χ2v) is 5.16. The molecule has 0 spiro atoms. The standard InChI is InChI=1S/C19H22N2O4/c1-5-25-15-8-6-14(7-9-15)13(2)20-21-19(22)17-11-10-16(23-3)12-18(17)24-4/h6-12H,5H2,1-4H3,(H,21,22). The third-order valence-electron chi connectivity index (χ3n) is 3.56. The maximum Gasteiger partial charge on any atom is 0.275 e. The van der Waals surface area contributed by atoms with Gasteiger partial charge in [-0.1, -0.05) is 0 Å². The molecule has 0 fully saturated rings. The van der Waals surface area contributed by atoms with Gasteiger partial charge in [0.15, 0.2) is 0 Å². The van der Waals surface area contributed by atoms with E-state index in [2.05, 4.69) is 10.5 Å². The summed E-state index contributed by atoms with van der Waals surface area (Å²) >= 11 is 0. The predicted molar refractivity (Wildman–Crippen MR) is 96.8 cm³/mol. The minimum Gasteiger partial charge on any atom is -0.497 e. The zero-order chi connectivity index (χ0) is 18.2. The quantitative estimate of drug-likeness (QED) is 0.619. The lowest BCUT2D eigenvalue weighted by Crippen LogP contribution is -2.20. The average molecular weight is 342 g/mol. The highest BCUT2D eigenvalue weighted by atomic mass is 16.5. The number of hydrazone groups is 1. The molecule has 25 heavy (non-hydrogen) atoms. The van der Waals surface area contributed by atoms with Crippen LogP contribution in [0.3, 0.4) is 0 Å². The average Bonchev–Trinajstić information content (AvgIpc) is 2.66. The summed E-state index contributed by atoms with van der Waals surface area (Å²) in [5, 5.41) is 4.15. The van der Waals surface area contributed by atoms with E-state index in [0.717, 1.165) is 11.3 Å². The summed E-state index contributed by atoms with van der Waals surface area (Å²) in [6.07, 6.45) is 0. The summed E-state index contributed by atoms with van der Waals surface area (Å²) in [4.78, 5) is 12.3. The van der Waals surface area contributed by atoms with E-state index in [9.17, 15) is 4.79 Å². The van der Waals surface area contributed by atoms with E-state index in [1.807, 2.05) is 38.1 Å². The Kier molecular flexibility index (Phi) is 6.39. The van der Waals surface area contributed by atoms with Gasteiger partial charge in [0.1, 0.15) is 17.2 Å². The van der Waals surface area contributed by atoms with Crippen LogP contribution in [0.2, 0.25) is 0 Å². The Balaban J connectivity index is 2.11. The molecule has 132 valence electrons. The lowest BCUT2D eigenvalue weighted by atomic mass is 10.1. The molecule has 0 aromatic heterocycles. The predicted octanol–water partition coefficient (Wildman–Crippen LogP) is 3.26. The number of rotatable bonds is 7. The van der Waals surface area contributed by atoms with Gasteiger partial charge in [0.2, 0.25) is 0 Å². The van der Waals surface area contributed by atoms with Gasteiger partial charge in [0, 0.05) is 6.07 Å². The van der Waals surface area contributed by atoms with Crippen LogP contribution in [0.5, 0.6) is 17.2 Å². The smallest absolute Gasteiger partial charge is 0.275 e. The molecule has 1 amide bonds. The van der Waals surface area contributed by atoms with Gasteiger partial charge < -0.3 is 14.2 Å². The highest BCUT2D eigenvalue weighted by Gasteiger charge is 2.13. The first-order valence-corrected chi connectivity index (χ1v) is 7.89. The molecule has 0 atom stereocenters. The molecule has 0 aliphatic rings. The number of amides is 1. The largest absolute Gasteiger partial charge is 0.497 e. The van der Waals surface area contributed by atoms with Crippen LogP contribution in [0.4, 0.5) is 0 Å². The van der Waals surface area contributed by atoms with Crippen LogP contribution < -0.4 is 19.6 Å². The van der Waals surface area contributed by atoms with E-state index in [0.29, 0.717) is 29.4 Å². The molecule has 0 aliphatic heterocycles. The maximum atomic E-state index is 12.3. The maximum absolute atomic E-state index is 12.3. The molecular formula is C19H22N2O4. The number of benzene rings is 2. The Labute approximate surface area is 147 Å². The molecule has 0 saturated heterocycles. The fourth-order valence-electron chi connectivity index (χ4n) is 2.20. The fourth-order valence-corrected chi connectivity index (χ4v) is 2.20. The summed E-state index contributed by atoms with van der Waals surface area (Å²) in [6, 6.07) is 12.5. The van der Waals surface area contributed by atoms with E-state index in [-0.39, 0.29) is 5.91 Å². The van der Waals surface area contributed by atoms with Crippen molar-refractivity contribution in [3.63, 3.8) is 0 Å².